The van der Waals surface area contributed by atoms with Crippen LogP contribution < -0.4 is 14.4 Å². The van der Waals surface area contributed by atoms with Gasteiger partial charge in [0.2, 0.25) is 21.8 Å². The molecule has 1 N–H and O–H groups in total. The maximum atomic E-state index is 13.6. The Morgan fingerprint density at radius 1 is 0.921 bits per heavy atom. The number of sulfonamides is 1. The van der Waals surface area contributed by atoms with Crippen LogP contribution >= 0.6 is 0 Å². The molecule has 3 aromatic carbocycles. The number of carbonyl (C=O) groups is 2. The fraction of sp³-hybridized carbons (Fsp3) is 0.310. The van der Waals surface area contributed by atoms with Gasteiger partial charge in [0.15, 0.2) is 0 Å². The van der Waals surface area contributed by atoms with E-state index in [1.165, 1.54) is 4.90 Å². The molecule has 0 aliphatic heterocycles. The Morgan fingerprint density at radius 3 is 2.11 bits per heavy atom. The quantitative estimate of drug-likeness (QED) is 0.367. The summed E-state index contributed by atoms with van der Waals surface area (Å²) in [7, 11) is -3.81. The number of ether oxygens (including phenoxy) is 1. The first-order valence-corrected chi connectivity index (χ1v) is 14.4. The number of nitrogens with zero attached hydrogens (tertiary/aromatic N) is 2. The van der Waals surface area contributed by atoms with E-state index in [9.17, 15) is 18.0 Å². The lowest BCUT2D eigenvalue weighted by Gasteiger charge is -2.31. The first-order valence-electron chi connectivity index (χ1n) is 12.5. The Labute approximate surface area is 225 Å². The second-order valence-electron chi connectivity index (χ2n) is 9.15. The Balaban J connectivity index is 1.84. The Hall–Kier alpha value is -3.85. The van der Waals surface area contributed by atoms with Gasteiger partial charge in [-0.2, -0.15) is 0 Å². The highest BCUT2D eigenvalue weighted by Crippen LogP contribution is 2.26. The van der Waals surface area contributed by atoms with Crippen molar-refractivity contribution in [3.8, 4) is 11.5 Å². The molecule has 38 heavy (non-hydrogen) atoms. The molecule has 0 spiro atoms. The zero-order chi connectivity index (χ0) is 27.7. The van der Waals surface area contributed by atoms with E-state index in [2.05, 4.69) is 5.32 Å². The molecule has 0 aliphatic carbocycles. The van der Waals surface area contributed by atoms with E-state index in [1.807, 2.05) is 68.4 Å². The van der Waals surface area contributed by atoms with Crippen LogP contribution in [-0.2, 0) is 26.2 Å². The number of rotatable bonds is 12. The molecule has 202 valence electrons. The van der Waals surface area contributed by atoms with Crippen LogP contribution in [-0.4, -0.2) is 50.5 Å². The number of nitrogens with one attached hydrogen (secondary N) is 1. The van der Waals surface area contributed by atoms with Gasteiger partial charge >= 0.3 is 0 Å². The molecule has 1 atom stereocenters. The van der Waals surface area contributed by atoms with E-state index in [0.717, 1.165) is 28.1 Å². The fourth-order valence-electron chi connectivity index (χ4n) is 3.79. The van der Waals surface area contributed by atoms with Gasteiger partial charge in [-0.3, -0.25) is 13.9 Å². The summed E-state index contributed by atoms with van der Waals surface area (Å²) in [6, 6.07) is 22.6. The third kappa shape index (κ3) is 8.08. The third-order valence-electron chi connectivity index (χ3n) is 5.97. The monoisotopic (exact) mass is 537 g/mol. The molecule has 0 heterocycles. The van der Waals surface area contributed by atoms with E-state index < -0.39 is 28.5 Å². The van der Waals surface area contributed by atoms with Crippen LogP contribution in [0.4, 0.5) is 5.69 Å². The molecule has 0 bridgehead atoms. The SMILES string of the molecule is CCCNC(=O)C(C)N(Cc1ccc(C)cc1)C(=O)CN(c1ccc(Oc2ccccc2)cc1)S(C)(=O)=O. The van der Waals surface area contributed by atoms with E-state index >= 15 is 0 Å². The van der Waals surface area contributed by atoms with E-state index in [0.29, 0.717) is 23.7 Å². The maximum absolute atomic E-state index is 13.6. The summed E-state index contributed by atoms with van der Waals surface area (Å²) in [6.45, 7) is 5.77. The smallest absolute Gasteiger partial charge is 0.244 e. The van der Waals surface area contributed by atoms with E-state index in [-0.39, 0.29) is 12.5 Å². The normalized spacial score (nSPS) is 11.9. The lowest BCUT2D eigenvalue weighted by Crippen LogP contribution is -2.51. The lowest BCUT2D eigenvalue weighted by atomic mass is 10.1. The van der Waals surface area contributed by atoms with Crippen LogP contribution in [0.5, 0.6) is 11.5 Å². The van der Waals surface area contributed by atoms with Crippen molar-refractivity contribution >= 4 is 27.5 Å². The Bertz CT molecular complexity index is 1310. The first kappa shape index (κ1) is 28.7. The molecular formula is C29H35N3O5S. The van der Waals surface area contributed by atoms with Crippen molar-refractivity contribution in [1.82, 2.24) is 10.2 Å². The van der Waals surface area contributed by atoms with Gasteiger partial charge in [-0.25, -0.2) is 8.42 Å². The van der Waals surface area contributed by atoms with Crippen molar-refractivity contribution in [2.75, 3.05) is 23.7 Å². The van der Waals surface area contributed by atoms with Gasteiger partial charge in [0.25, 0.3) is 0 Å². The number of hydrogen-bond acceptors (Lipinski definition) is 5. The van der Waals surface area contributed by atoms with Crippen molar-refractivity contribution < 1.29 is 22.7 Å². The summed E-state index contributed by atoms with van der Waals surface area (Å²) in [5.41, 5.74) is 2.23. The molecule has 9 heteroatoms. The van der Waals surface area contributed by atoms with Crippen LogP contribution in [0.1, 0.15) is 31.4 Å². The number of aryl methyl sites for hydroxylation is 1. The number of anilines is 1. The van der Waals surface area contributed by atoms with Crippen LogP contribution in [0.15, 0.2) is 78.9 Å². The minimum Gasteiger partial charge on any atom is -0.457 e. The second-order valence-corrected chi connectivity index (χ2v) is 11.1. The highest BCUT2D eigenvalue weighted by atomic mass is 32.2. The van der Waals surface area contributed by atoms with Crippen molar-refractivity contribution in [3.63, 3.8) is 0 Å². The summed E-state index contributed by atoms with van der Waals surface area (Å²) in [5.74, 6) is 0.403. The zero-order valence-corrected chi connectivity index (χ0v) is 23.1. The van der Waals surface area contributed by atoms with Crippen molar-refractivity contribution in [2.24, 2.45) is 0 Å². The minimum absolute atomic E-state index is 0.168. The zero-order valence-electron chi connectivity index (χ0n) is 22.3. The topological polar surface area (TPSA) is 96.0 Å². The van der Waals surface area contributed by atoms with Gasteiger partial charge in [0.05, 0.1) is 11.9 Å². The first-order chi connectivity index (χ1) is 18.1. The Kier molecular flexibility index (Phi) is 9.90. The number of carbonyl (C=O) groups excluding carboxylic acids is 2. The lowest BCUT2D eigenvalue weighted by molar-refractivity contribution is -0.139. The molecule has 1 unspecified atom stereocenters. The minimum atomic E-state index is -3.81. The molecule has 2 amide bonds. The predicted octanol–water partition coefficient (Wildman–Crippen LogP) is 4.50. The summed E-state index contributed by atoms with van der Waals surface area (Å²) in [5, 5.41) is 2.83. The second kappa shape index (κ2) is 13.1. The largest absolute Gasteiger partial charge is 0.457 e. The summed E-state index contributed by atoms with van der Waals surface area (Å²) >= 11 is 0. The Morgan fingerprint density at radius 2 is 1.53 bits per heavy atom. The highest BCUT2D eigenvalue weighted by Gasteiger charge is 2.30. The molecule has 8 nitrogen and oxygen atoms in total. The van der Waals surface area contributed by atoms with Crippen LogP contribution in [0, 0.1) is 6.92 Å². The number of hydrogen-bond donors (Lipinski definition) is 1. The molecule has 0 radical (unpaired) electrons. The summed E-state index contributed by atoms with van der Waals surface area (Å²) < 4.78 is 32.3. The molecule has 0 fully saturated rings. The van der Waals surface area contributed by atoms with Gasteiger partial charge in [-0.05, 0) is 62.2 Å². The average Bonchev–Trinajstić information content (AvgIpc) is 2.90. The van der Waals surface area contributed by atoms with Crippen molar-refractivity contribution in [2.45, 2.75) is 39.8 Å². The highest BCUT2D eigenvalue weighted by molar-refractivity contribution is 7.92. The standard InChI is InChI=1S/C29H35N3O5S/c1-5-19-30-29(34)23(3)31(20-24-13-11-22(2)12-14-24)28(33)21-32(38(4,35)36)25-15-17-27(18-16-25)37-26-9-7-6-8-10-26/h6-18,23H,5,19-21H2,1-4H3,(H,30,34). The van der Waals surface area contributed by atoms with E-state index in [1.54, 1.807) is 31.2 Å². The molecular weight excluding hydrogens is 502 g/mol. The number of para-hydroxylation sites is 1. The molecule has 3 rings (SSSR count). The van der Waals surface area contributed by atoms with Crippen LogP contribution in [0.25, 0.3) is 0 Å². The fourth-order valence-corrected chi connectivity index (χ4v) is 4.64. The van der Waals surface area contributed by atoms with Gasteiger partial charge in [-0.1, -0.05) is 55.0 Å². The van der Waals surface area contributed by atoms with Gasteiger partial charge in [0.1, 0.15) is 24.1 Å². The van der Waals surface area contributed by atoms with Crippen LogP contribution in [0.2, 0.25) is 0 Å². The average molecular weight is 538 g/mol. The van der Waals surface area contributed by atoms with Gasteiger partial charge < -0.3 is 15.0 Å². The van der Waals surface area contributed by atoms with Crippen LogP contribution in [0.3, 0.4) is 0 Å². The van der Waals surface area contributed by atoms with Crippen molar-refractivity contribution in [3.05, 3.63) is 90.0 Å². The molecule has 0 aliphatic rings. The van der Waals surface area contributed by atoms with E-state index in [4.69, 9.17) is 4.74 Å². The third-order valence-corrected chi connectivity index (χ3v) is 7.11. The van der Waals surface area contributed by atoms with Gasteiger partial charge in [-0.15, -0.1) is 0 Å². The maximum Gasteiger partial charge on any atom is 0.244 e. The number of benzene rings is 3. The molecule has 0 aromatic heterocycles. The molecule has 0 saturated heterocycles. The molecule has 0 saturated carbocycles. The van der Waals surface area contributed by atoms with Crippen molar-refractivity contribution in [1.29, 1.82) is 0 Å². The van der Waals surface area contributed by atoms with Gasteiger partial charge in [0, 0.05) is 13.1 Å². The number of amides is 2. The predicted molar refractivity (Wildman–Crippen MR) is 150 cm³/mol. The summed E-state index contributed by atoms with van der Waals surface area (Å²) in [6.07, 6.45) is 1.81. The molecule has 3 aromatic rings. The summed E-state index contributed by atoms with van der Waals surface area (Å²) in [4.78, 5) is 27.8.